The van der Waals surface area contributed by atoms with E-state index in [9.17, 15) is 4.79 Å². The van der Waals surface area contributed by atoms with Crippen LogP contribution in [0.4, 0.5) is 10.6 Å². The fourth-order valence-corrected chi connectivity index (χ4v) is 2.79. The molecule has 1 aliphatic heterocycles. The average molecular weight is 339 g/mol. The Kier molecular flexibility index (Phi) is 3.79. The smallest absolute Gasteiger partial charge is 0.410 e. The largest absolute Gasteiger partial charge is 0.444 e. The fourth-order valence-electron chi connectivity index (χ4n) is 2.65. The van der Waals surface area contributed by atoms with Gasteiger partial charge in [0.1, 0.15) is 5.60 Å². The van der Waals surface area contributed by atoms with E-state index < -0.39 is 5.60 Å². The maximum atomic E-state index is 12.2. The molecule has 2 aromatic rings. The third-order valence-corrected chi connectivity index (χ3v) is 3.79. The fraction of sp³-hybridized carbons (Fsp3) is 0.571. The van der Waals surface area contributed by atoms with Gasteiger partial charge in [0.05, 0.1) is 11.6 Å². The number of amides is 1. The molecule has 23 heavy (non-hydrogen) atoms. The van der Waals surface area contributed by atoms with Gasteiger partial charge < -0.3 is 15.4 Å². The van der Waals surface area contributed by atoms with Crippen molar-refractivity contribution in [1.82, 2.24) is 24.9 Å². The lowest BCUT2D eigenvalue weighted by atomic mass is 10.2. The minimum atomic E-state index is -0.513. The number of halogens is 1. The molecule has 0 radical (unpaired) electrons. The van der Waals surface area contributed by atoms with E-state index in [1.807, 2.05) is 20.8 Å². The van der Waals surface area contributed by atoms with Crippen molar-refractivity contribution in [3.63, 3.8) is 0 Å². The zero-order valence-corrected chi connectivity index (χ0v) is 14.0. The summed E-state index contributed by atoms with van der Waals surface area (Å²) in [7, 11) is 0. The summed E-state index contributed by atoms with van der Waals surface area (Å²) in [6.07, 6.45) is 0.442. The third kappa shape index (κ3) is 3.17. The van der Waals surface area contributed by atoms with Crippen LogP contribution in [0.5, 0.6) is 0 Å². The van der Waals surface area contributed by atoms with Crippen LogP contribution in [-0.2, 0) is 4.74 Å². The molecular formula is C14H19ClN6O2. The second-order valence-corrected chi connectivity index (χ2v) is 6.99. The zero-order valence-electron chi connectivity index (χ0n) is 13.3. The normalized spacial score (nSPS) is 18.6. The number of nitrogen functional groups attached to an aromatic ring is 1. The second kappa shape index (κ2) is 5.52. The van der Waals surface area contributed by atoms with Crippen molar-refractivity contribution in [2.24, 2.45) is 0 Å². The van der Waals surface area contributed by atoms with Gasteiger partial charge in [-0.2, -0.15) is 5.10 Å². The summed E-state index contributed by atoms with van der Waals surface area (Å²) in [6, 6.07) is 1.69. The molecule has 0 aliphatic carbocycles. The molecule has 1 amide bonds. The lowest BCUT2D eigenvalue weighted by Gasteiger charge is -2.24. The first-order valence-corrected chi connectivity index (χ1v) is 7.77. The van der Waals surface area contributed by atoms with E-state index >= 15 is 0 Å². The molecule has 0 aromatic carbocycles. The molecule has 1 aliphatic rings. The highest BCUT2D eigenvalue weighted by atomic mass is 35.5. The number of hydrogen-bond acceptors (Lipinski definition) is 6. The van der Waals surface area contributed by atoms with Crippen molar-refractivity contribution >= 4 is 34.5 Å². The van der Waals surface area contributed by atoms with Crippen LogP contribution < -0.4 is 5.73 Å². The molecule has 2 aromatic heterocycles. The predicted octanol–water partition coefficient (Wildman–Crippen LogP) is 2.24. The van der Waals surface area contributed by atoms with E-state index in [0.717, 1.165) is 11.9 Å². The summed E-state index contributed by atoms with van der Waals surface area (Å²) in [5, 5.41) is 12.4. The first kappa shape index (κ1) is 15.8. The van der Waals surface area contributed by atoms with Crippen molar-refractivity contribution in [3.8, 4) is 0 Å². The molecule has 0 spiro atoms. The van der Waals surface area contributed by atoms with Gasteiger partial charge >= 0.3 is 6.09 Å². The van der Waals surface area contributed by atoms with Crippen molar-refractivity contribution < 1.29 is 9.53 Å². The predicted molar refractivity (Wildman–Crippen MR) is 86.2 cm³/mol. The molecule has 3 rings (SSSR count). The Hall–Kier alpha value is -2.09. The molecule has 8 nitrogen and oxygen atoms in total. The summed E-state index contributed by atoms with van der Waals surface area (Å²) >= 11 is 5.92. The van der Waals surface area contributed by atoms with Crippen molar-refractivity contribution in [1.29, 1.82) is 0 Å². The number of ether oxygens (including phenoxy) is 1. The van der Waals surface area contributed by atoms with Gasteiger partial charge in [0.2, 0.25) is 0 Å². The molecule has 1 atom stereocenters. The average Bonchev–Trinajstić information content (AvgIpc) is 3.02. The highest BCUT2D eigenvalue weighted by Gasteiger charge is 2.32. The molecule has 3 heterocycles. The van der Waals surface area contributed by atoms with Gasteiger partial charge in [-0.05, 0) is 27.2 Å². The summed E-state index contributed by atoms with van der Waals surface area (Å²) in [5.41, 5.74) is 6.62. The number of aromatic nitrogens is 4. The zero-order chi connectivity index (χ0) is 16.8. The van der Waals surface area contributed by atoms with Gasteiger partial charge in [0.25, 0.3) is 0 Å². The van der Waals surface area contributed by atoms with Crippen LogP contribution in [0.15, 0.2) is 6.07 Å². The van der Waals surface area contributed by atoms with E-state index in [-0.39, 0.29) is 17.3 Å². The number of fused-ring (bicyclic) bond motifs is 1. The summed E-state index contributed by atoms with van der Waals surface area (Å²) in [5.74, 6) is 0.305. The van der Waals surface area contributed by atoms with Gasteiger partial charge in [0, 0.05) is 19.2 Å². The Morgan fingerprint density at radius 2 is 2.17 bits per heavy atom. The quantitative estimate of drug-likeness (QED) is 0.856. The standard InChI is InChI=1S/C14H19ClN6O2/c1-14(2,3)23-13(22)20-5-4-8(7-20)21-9-6-10(15)17-18-11(9)12(16)19-21/h6,8H,4-5,7H2,1-3H3,(H2,16,19). The monoisotopic (exact) mass is 338 g/mol. The first-order chi connectivity index (χ1) is 10.7. The number of likely N-dealkylation sites (tertiary alicyclic amines) is 1. The first-order valence-electron chi connectivity index (χ1n) is 7.39. The number of anilines is 1. The Balaban J connectivity index is 1.82. The van der Waals surface area contributed by atoms with E-state index in [0.29, 0.717) is 24.4 Å². The SMILES string of the molecule is CC(C)(C)OC(=O)N1CCC(n2nc(N)c3nnc(Cl)cc32)C1. The number of carbonyl (C=O) groups is 1. The van der Waals surface area contributed by atoms with Gasteiger partial charge in [-0.25, -0.2) is 4.79 Å². The van der Waals surface area contributed by atoms with E-state index in [4.69, 9.17) is 22.1 Å². The molecule has 0 saturated carbocycles. The van der Waals surface area contributed by atoms with Crippen molar-refractivity contribution in [2.45, 2.75) is 38.8 Å². The van der Waals surface area contributed by atoms with Crippen molar-refractivity contribution in [2.75, 3.05) is 18.8 Å². The highest BCUT2D eigenvalue weighted by Crippen LogP contribution is 2.29. The molecule has 1 unspecified atom stereocenters. The summed E-state index contributed by atoms with van der Waals surface area (Å²) < 4.78 is 7.18. The second-order valence-electron chi connectivity index (χ2n) is 6.60. The van der Waals surface area contributed by atoms with Crippen LogP contribution in [0.1, 0.15) is 33.2 Å². The van der Waals surface area contributed by atoms with E-state index in [1.165, 1.54) is 0 Å². The molecule has 2 N–H and O–H groups in total. The number of nitrogens with zero attached hydrogens (tertiary/aromatic N) is 5. The summed E-state index contributed by atoms with van der Waals surface area (Å²) in [4.78, 5) is 13.8. The van der Waals surface area contributed by atoms with Crippen LogP contribution in [0.3, 0.4) is 0 Å². The molecule has 124 valence electrons. The lowest BCUT2D eigenvalue weighted by molar-refractivity contribution is 0.0288. The van der Waals surface area contributed by atoms with Crippen LogP contribution in [0.2, 0.25) is 5.15 Å². The third-order valence-electron chi connectivity index (χ3n) is 3.61. The number of hydrogen-bond donors (Lipinski definition) is 1. The minimum Gasteiger partial charge on any atom is -0.444 e. The topological polar surface area (TPSA) is 99.2 Å². The van der Waals surface area contributed by atoms with Crippen LogP contribution in [-0.4, -0.2) is 49.7 Å². The van der Waals surface area contributed by atoms with E-state index in [2.05, 4.69) is 15.3 Å². The highest BCUT2D eigenvalue weighted by molar-refractivity contribution is 6.29. The van der Waals surface area contributed by atoms with Gasteiger partial charge in [-0.1, -0.05) is 11.6 Å². The maximum Gasteiger partial charge on any atom is 0.410 e. The van der Waals surface area contributed by atoms with E-state index in [1.54, 1.807) is 15.6 Å². The molecule has 1 saturated heterocycles. The Morgan fingerprint density at radius 3 is 2.87 bits per heavy atom. The van der Waals surface area contributed by atoms with Crippen LogP contribution >= 0.6 is 11.6 Å². The number of nitrogens with two attached hydrogens (primary N) is 1. The number of rotatable bonds is 1. The van der Waals surface area contributed by atoms with Crippen LogP contribution in [0, 0.1) is 0 Å². The molecule has 0 bridgehead atoms. The minimum absolute atomic E-state index is 0.00239. The Bertz CT molecular complexity index is 754. The molecule has 1 fully saturated rings. The Labute approximate surface area is 138 Å². The van der Waals surface area contributed by atoms with Gasteiger partial charge in [0.15, 0.2) is 16.5 Å². The lowest BCUT2D eigenvalue weighted by Crippen LogP contribution is -2.35. The van der Waals surface area contributed by atoms with Gasteiger partial charge in [-0.3, -0.25) is 4.68 Å². The molecular weight excluding hydrogens is 320 g/mol. The van der Waals surface area contributed by atoms with Gasteiger partial charge in [-0.15, -0.1) is 10.2 Å². The van der Waals surface area contributed by atoms with Crippen molar-refractivity contribution in [3.05, 3.63) is 11.2 Å². The number of carbonyl (C=O) groups excluding carboxylic acids is 1. The summed E-state index contributed by atoms with van der Waals surface area (Å²) in [6.45, 7) is 6.65. The molecule has 9 heteroatoms. The maximum absolute atomic E-state index is 12.2. The van der Waals surface area contributed by atoms with Crippen LogP contribution in [0.25, 0.3) is 11.0 Å². The Morgan fingerprint density at radius 1 is 1.43 bits per heavy atom.